The Morgan fingerprint density at radius 2 is 2.27 bits per heavy atom. The summed E-state index contributed by atoms with van der Waals surface area (Å²) in [5.41, 5.74) is 0.766. The third kappa shape index (κ3) is 1.63. The summed E-state index contributed by atoms with van der Waals surface area (Å²) in [6.07, 6.45) is 4.08. The normalized spacial score (nSPS) is 16.9. The maximum Gasteiger partial charge on any atom is 0.339 e. The topological polar surface area (TPSA) is 56.3 Å². The summed E-state index contributed by atoms with van der Waals surface area (Å²) in [6, 6.07) is 3.35. The van der Waals surface area contributed by atoms with Gasteiger partial charge < -0.3 is 9.53 Å². The number of nitrogens with zero attached hydrogens (tertiary/aromatic N) is 1. The SMILES string of the molecule is COC(=O)c1ccc(C2(C=O)CC2)nc1. The number of aldehydes is 1. The lowest BCUT2D eigenvalue weighted by Gasteiger charge is -2.06. The van der Waals surface area contributed by atoms with Crippen molar-refractivity contribution in [1.29, 1.82) is 0 Å². The van der Waals surface area contributed by atoms with Gasteiger partial charge in [-0.25, -0.2) is 4.79 Å². The van der Waals surface area contributed by atoms with Crippen LogP contribution in [-0.4, -0.2) is 24.3 Å². The highest BCUT2D eigenvalue weighted by atomic mass is 16.5. The van der Waals surface area contributed by atoms with Crippen LogP contribution in [0.3, 0.4) is 0 Å². The minimum Gasteiger partial charge on any atom is -0.465 e. The summed E-state index contributed by atoms with van der Waals surface area (Å²) in [6.45, 7) is 0. The number of hydrogen-bond donors (Lipinski definition) is 0. The molecule has 78 valence electrons. The molecule has 4 nitrogen and oxygen atoms in total. The Bertz CT molecular complexity index is 393. The van der Waals surface area contributed by atoms with E-state index in [1.807, 2.05) is 0 Å². The molecule has 1 fully saturated rings. The molecule has 1 aliphatic rings. The Labute approximate surface area is 87.3 Å². The number of aromatic nitrogens is 1. The van der Waals surface area contributed by atoms with Crippen molar-refractivity contribution in [2.45, 2.75) is 18.3 Å². The molecular weight excluding hydrogens is 194 g/mol. The fraction of sp³-hybridized carbons (Fsp3) is 0.364. The zero-order valence-corrected chi connectivity index (χ0v) is 8.40. The lowest BCUT2D eigenvalue weighted by Crippen LogP contribution is -2.11. The number of rotatable bonds is 3. The second-order valence-corrected chi connectivity index (χ2v) is 3.70. The van der Waals surface area contributed by atoms with E-state index in [9.17, 15) is 9.59 Å². The monoisotopic (exact) mass is 205 g/mol. The molecule has 0 saturated heterocycles. The number of pyridine rings is 1. The van der Waals surface area contributed by atoms with Crippen molar-refractivity contribution in [3.63, 3.8) is 0 Å². The first kappa shape index (κ1) is 9.83. The van der Waals surface area contributed by atoms with Gasteiger partial charge in [-0.15, -0.1) is 0 Å². The van der Waals surface area contributed by atoms with Crippen LogP contribution in [0.15, 0.2) is 18.3 Å². The second-order valence-electron chi connectivity index (χ2n) is 3.70. The molecule has 4 heteroatoms. The molecule has 0 aromatic carbocycles. The lowest BCUT2D eigenvalue weighted by molar-refractivity contribution is -0.109. The maximum atomic E-state index is 11.1. The predicted octanol–water partition coefficient (Wildman–Crippen LogP) is 1.10. The van der Waals surface area contributed by atoms with Crippen LogP contribution < -0.4 is 0 Å². The van der Waals surface area contributed by atoms with E-state index in [0.29, 0.717) is 5.56 Å². The summed E-state index contributed by atoms with van der Waals surface area (Å²) in [4.78, 5) is 26.1. The molecule has 2 rings (SSSR count). The molecular formula is C11H11NO3. The van der Waals surface area contributed by atoms with E-state index in [0.717, 1.165) is 24.8 Å². The van der Waals surface area contributed by atoms with E-state index in [4.69, 9.17) is 0 Å². The highest BCUT2D eigenvalue weighted by Gasteiger charge is 2.45. The summed E-state index contributed by atoms with van der Waals surface area (Å²) < 4.78 is 4.56. The number of carbonyl (C=O) groups excluding carboxylic acids is 2. The number of carbonyl (C=O) groups is 2. The summed E-state index contributed by atoms with van der Waals surface area (Å²) >= 11 is 0. The van der Waals surface area contributed by atoms with Crippen LogP contribution in [0.2, 0.25) is 0 Å². The van der Waals surface area contributed by atoms with Gasteiger partial charge in [0.25, 0.3) is 0 Å². The quantitative estimate of drug-likeness (QED) is 0.547. The Balaban J connectivity index is 2.25. The molecule has 0 amide bonds. The smallest absolute Gasteiger partial charge is 0.339 e. The summed E-state index contributed by atoms with van der Waals surface area (Å²) in [5.74, 6) is -0.412. The third-order valence-corrected chi connectivity index (χ3v) is 2.71. The van der Waals surface area contributed by atoms with Crippen molar-refractivity contribution < 1.29 is 14.3 Å². The molecule has 0 atom stereocenters. The third-order valence-electron chi connectivity index (χ3n) is 2.71. The first-order valence-corrected chi connectivity index (χ1v) is 4.73. The van der Waals surface area contributed by atoms with Gasteiger partial charge in [0, 0.05) is 6.20 Å². The van der Waals surface area contributed by atoms with E-state index < -0.39 is 5.97 Å². The fourth-order valence-electron chi connectivity index (χ4n) is 1.50. The molecule has 1 saturated carbocycles. The van der Waals surface area contributed by atoms with Crippen LogP contribution in [0.25, 0.3) is 0 Å². The van der Waals surface area contributed by atoms with Gasteiger partial charge in [0.1, 0.15) is 6.29 Å². The van der Waals surface area contributed by atoms with Crippen molar-refractivity contribution in [2.24, 2.45) is 0 Å². The minimum atomic E-state index is -0.412. The second kappa shape index (κ2) is 3.46. The van der Waals surface area contributed by atoms with E-state index in [1.54, 1.807) is 12.1 Å². The Kier molecular flexibility index (Phi) is 2.26. The summed E-state index contributed by atoms with van der Waals surface area (Å²) in [7, 11) is 1.32. The van der Waals surface area contributed by atoms with Gasteiger partial charge in [0.2, 0.25) is 0 Å². The van der Waals surface area contributed by atoms with E-state index in [2.05, 4.69) is 9.72 Å². The van der Waals surface area contributed by atoms with Crippen molar-refractivity contribution in [3.05, 3.63) is 29.6 Å². The Morgan fingerprint density at radius 1 is 1.53 bits per heavy atom. The van der Waals surface area contributed by atoms with Crippen LogP contribution in [-0.2, 0) is 14.9 Å². The van der Waals surface area contributed by atoms with Gasteiger partial charge in [0.05, 0.1) is 23.8 Å². The van der Waals surface area contributed by atoms with E-state index >= 15 is 0 Å². The van der Waals surface area contributed by atoms with Crippen LogP contribution >= 0.6 is 0 Å². The highest BCUT2D eigenvalue weighted by molar-refractivity contribution is 5.89. The molecule has 15 heavy (non-hydrogen) atoms. The van der Waals surface area contributed by atoms with Crippen LogP contribution in [0.1, 0.15) is 28.9 Å². The van der Waals surface area contributed by atoms with Crippen LogP contribution in [0, 0.1) is 0 Å². The number of hydrogen-bond acceptors (Lipinski definition) is 4. The molecule has 0 aliphatic heterocycles. The predicted molar refractivity (Wildman–Crippen MR) is 52.6 cm³/mol. The average Bonchev–Trinajstić information content (AvgIpc) is 3.09. The molecule has 0 N–H and O–H groups in total. The number of ether oxygens (including phenoxy) is 1. The van der Waals surface area contributed by atoms with Crippen molar-refractivity contribution >= 4 is 12.3 Å². The first-order valence-electron chi connectivity index (χ1n) is 4.73. The maximum absolute atomic E-state index is 11.1. The molecule has 1 aromatic heterocycles. The van der Waals surface area contributed by atoms with Crippen molar-refractivity contribution in [3.8, 4) is 0 Å². The zero-order chi connectivity index (χ0) is 10.9. The molecule has 1 aromatic rings. The van der Waals surface area contributed by atoms with E-state index in [-0.39, 0.29) is 5.41 Å². The Morgan fingerprint density at radius 3 is 2.67 bits per heavy atom. The summed E-state index contributed by atoms with van der Waals surface area (Å²) in [5, 5.41) is 0. The standard InChI is InChI=1S/C11H11NO3/c1-15-10(14)8-2-3-9(12-6-8)11(7-13)4-5-11/h2-3,6-7H,4-5H2,1H3. The van der Waals surface area contributed by atoms with E-state index in [1.165, 1.54) is 13.3 Å². The van der Waals surface area contributed by atoms with Gasteiger partial charge in [0.15, 0.2) is 0 Å². The highest BCUT2D eigenvalue weighted by Crippen LogP contribution is 2.45. The lowest BCUT2D eigenvalue weighted by atomic mass is 10.0. The molecule has 0 radical (unpaired) electrons. The van der Waals surface area contributed by atoms with Crippen molar-refractivity contribution in [1.82, 2.24) is 4.98 Å². The van der Waals surface area contributed by atoms with Gasteiger partial charge >= 0.3 is 5.97 Å². The minimum absolute atomic E-state index is 0.380. The molecule has 0 spiro atoms. The van der Waals surface area contributed by atoms with Crippen molar-refractivity contribution in [2.75, 3.05) is 7.11 Å². The Hall–Kier alpha value is -1.71. The number of esters is 1. The first-order chi connectivity index (χ1) is 7.22. The number of methoxy groups -OCH3 is 1. The fourth-order valence-corrected chi connectivity index (χ4v) is 1.50. The molecule has 1 aliphatic carbocycles. The zero-order valence-electron chi connectivity index (χ0n) is 8.40. The van der Waals surface area contributed by atoms with Crippen LogP contribution in [0.5, 0.6) is 0 Å². The van der Waals surface area contributed by atoms with Gasteiger partial charge in [-0.2, -0.15) is 0 Å². The van der Waals surface area contributed by atoms with Gasteiger partial charge in [-0.1, -0.05) is 0 Å². The van der Waals surface area contributed by atoms with Crippen LogP contribution in [0.4, 0.5) is 0 Å². The molecule has 0 bridgehead atoms. The molecule has 0 unspecified atom stereocenters. The molecule has 1 heterocycles. The largest absolute Gasteiger partial charge is 0.465 e. The van der Waals surface area contributed by atoms with Gasteiger partial charge in [-0.3, -0.25) is 4.98 Å². The van der Waals surface area contributed by atoms with Gasteiger partial charge in [-0.05, 0) is 25.0 Å². The average molecular weight is 205 g/mol.